The van der Waals surface area contributed by atoms with Crippen LogP contribution in [0.15, 0.2) is 5.16 Å². The quantitative estimate of drug-likeness (QED) is 0.728. The Hall–Kier alpha value is -1.04. The number of rotatable bonds is 5. The molecule has 5 nitrogen and oxygen atoms in total. The first-order valence-corrected chi connectivity index (χ1v) is 10.8. The highest BCUT2D eigenvalue weighted by Gasteiger charge is 2.29. The topological polar surface area (TPSA) is 51.0 Å². The Labute approximate surface area is 155 Å². The van der Waals surface area contributed by atoms with Crippen molar-refractivity contribution >= 4 is 17.7 Å². The van der Waals surface area contributed by atoms with Gasteiger partial charge in [0.05, 0.1) is 5.25 Å². The third-order valence-electron chi connectivity index (χ3n) is 5.87. The first-order chi connectivity index (χ1) is 12.1. The summed E-state index contributed by atoms with van der Waals surface area (Å²) in [7, 11) is 1.98. The van der Waals surface area contributed by atoms with E-state index in [1.807, 2.05) is 25.8 Å². The fraction of sp³-hybridized carbons (Fsp3) is 0.842. The molecular weight excluding hydrogens is 332 g/mol. The van der Waals surface area contributed by atoms with E-state index in [-0.39, 0.29) is 11.2 Å². The number of amides is 1. The lowest BCUT2D eigenvalue weighted by atomic mass is 9.94. The van der Waals surface area contributed by atoms with Crippen molar-refractivity contribution in [2.75, 3.05) is 7.05 Å². The highest BCUT2D eigenvalue weighted by molar-refractivity contribution is 8.00. The number of hydrogen-bond donors (Lipinski definition) is 0. The molecule has 0 spiro atoms. The summed E-state index contributed by atoms with van der Waals surface area (Å²) in [5.74, 6) is 1.21. The number of hydrogen-bond acceptors (Lipinski definition) is 4. The van der Waals surface area contributed by atoms with E-state index in [2.05, 4.69) is 14.8 Å². The van der Waals surface area contributed by atoms with E-state index in [1.54, 1.807) is 11.8 Å². The monoisotopic (exact) mass is 364 g/mol. The second kappa shape index (κ2) is 8.56. The number of aryl methyl sites for hydroxylation is 1. The van der Waals surface area contributed by atoms with Crippen molar-refractivity contribution in [1.29, 1.82) is 0 Å². The molecular formula is C19H32N4OS. The van der Waals surface area contributed by atoms with Crippen LogP contribution in [0.1, 0.15) is 83.0 Å². The van der Waals surface area contributed by atoms with Crippen LogP contribution in [0.4, 0.5) is 0 Å². The molecule has 2 saturated carbocycles. The van der Waals surface area contributed by atoms with E-state index in [0.717, 1.165) is 23.8 Å². The average molecular weight is 365 g/mol. The molecule has 1 amide bonds. The zero-order chi connectivity index (χ0) is 17.8. The second-order valence-electron chi connectivity index (χ2n) is 7.69. The van der Waals surface area contributed by atoms with E-state index < -0.39 is 0 Å². The molecule has 6 heteroatoms. The fourth-order valence-electron chi connectivity index (χ4n) is 4.33. The molecule has 0 aromatic carbocycles. The third-order valence-corrected chi connectivity index (χ3v) is 6.92. The number of thioether (sulfide) groups is 1. The molecule has 3 rings (SSSR count). The molecule has 0 saturated heterocycles. The van der Waals surface area contributed by atoms with E-state index in [1.165, 1.54) is 51.4 Å². The number of carbonyl (C=O) groups is 1. The van der Waals surface area contributed by atoms with Crippen LogP contribution >= 0.6 is 11.8 Å². The van der Waals surface area contributed by atoms with Gasteiger partial charge in [-0.15, -0.1) is 10.2 Å². The van der Waals surface area contributed by atoms with Crippen molar-refractivity contribution in [2.24, 2.45) is 0 Å². The van der Waals surface area contributed by atoms with Crippen molar-refractivity contribution < 1.29 is 4.79 Å². The zero-order valence-electron chi connectivity index (χ0n) is 15.9. The number of carbonyl (C=O) groups excluding carboxylic acids is 1. The predicted molar refractivity (Wildman–Crippen MR) is 102 cm³/mol. The summed E-state index contributed by atoms with van der Waals surface area (Å²) in [5, 5.41) is 9.50. The van der Waals surface area contributed by atoms with Crippen LogP contribution in [0.3, 0.4) is 0 Å². The van der Waals surface area contributed by atoms with E-state index in [9.17, 15) is 4.79 Å². The van der Waals surface area contributed by atoms with Gasteiger partial charge < -0.3 is 9.47 Å². The lowest BCUT2D eigenvalue weighted by Crippen LogP contribution is -2.42. The Balaban J connectivity index is 1.66. The Kier molecular flexibility index (Phi) is 6.42. The first-order valence-electron chi connectivity index (χ1n) is 9.92. The summed E-state index contributed by atoms with van der Waals surface area (Å²) >= 11 is 1.58. The Bertz CT molecular complexity index is 576. The van der Waals surface area contributed by atoms with Gasteiger partial charge in [-0.25, -0.2) is 0 Å². The minimum Gasteiger partial charge on any atom is -0.342 e. The smallest absolute Gasteiger partial charge is 0.235 e. The molecule has 2 aliphatic carbocycles. The van der Waals surface area contributed by atoms with Crippen LogP contribution in [0.25, 0.3) is 0 Å². The highest BCUT2D eigenvalue weighted by Crippen LogP contribution is 2.34. The van der Waals surface area contributed by atoms with Crippen LogP contribution in [0.5, 0.6) is 0 Å². The van der Waals surface area contributed by atoms with Crippen LogP contribution in [-0.4, -0.2) is 43.9 Å². The second-order valence-corrected chi connectivity index (χ2v) is 9.00. The largest absolute Gasteiger partial charge is 0.342 e. The van der Waals surface area contributed by atoms with Gasteiger partial charge in [-0.2, -0.15) is 0 Å². The van der Waals surface area contributed by atoms with Gasteiger partial charge in [0, 0.05) is 19.1 Å². The van der Waals surface area contributed by atoms with Crippen molar-refractivity contribution in [3.63, 3.8) is 0 Å². The first kappa shape index (κ1) is 18.7. The molecule has 0 radical (unpaired) electrons. The molecule has 0 aliphatic heterocycles. The fourth-order valence-corrected chi connectivity index (χ4v) is 5.40. The molecule has 2 fully saturated rings. The van der Waals surface area contributed by atoms with Gasteiger partial charge in [-0.05, 0) is 39.5 Å². The molecule has 1 atom stereocenters. The van der Waals surface area contributed by atoms with Gasteiger partial charge >= 0.3 is 0 Å². The Morgan fingerprint density at radius 3 is 2.32 bits per heavy atom. The van der Waals surface area contributed by atoms with Crippen LogP contribution in [0.2, 0.25) is 0 Å². The summed E-state index contributed by atoms with van der Waals surface area (Å²) in [6, 6.07) is 0.923. The van der Waals surface area contributed by atoms with Gasteiger partial charge in [-0.3, -0.25) is 4.79 Å². The maximum atomic E-state index is 12.9. The summed E-state index contributed by atoms with van der Waals surface area (Å²) in [5.41, 5.74) is 0. The van der Waals surface area contributed by atoms with Gasteiger partial charge in [0.25, 0.3) is 0 Å². The molecule has 1 aromatic rings. The summed E-state index contributed by atoms with van der Waals surface area (Å²) < 4.78 is 2.29. The van der Waals surface area contributed by atoms with Crippen LogP contribution in [0, 0.1) is 6.92 Å². The normalized spacial score (nSPS) is 21.2. The van der Waals surface area contributed by atoms with E-state index in [4.69, 9.17) is 0 Å². The molecule has 0 N–H and O–H groups in total. The predicted octanol–water partition coefficient (Wildman–Crippen LogP) is 4.36. The maximum Gasteiger partial charge on any atom is 0.235 e. The molecule has 1 unspecified atom stereocenters. The Morgan fingerprint density at radius 2 is 1.68 bits per heavy atom. The minimum absolute atomic E-state index is 0.113. The minimum atomic E-state index is -0.113. The molecule has 0 bridgehead atoms. The summed E-state index contributed by atoms with van der Waals surface area (Å²) in [6.07, 6.45) is 12.4. The van der Waals surface area contributed by atoms with Gasteiger partial charge in [0.1, 0.15) is 5.82 Å². The molecule has 1 heterocycles. The summed E-state index contributed by atoms with van der Waals surface area (Å²) in [6.45, 7) is 4.05. The zero-order valence-corrected chi connectivity index (χ0v) is 16.7. The van der Waals surface area contributed by atoms with Gasteiger partial charge in [-0.1, -0.05) is 50.3 Å². The van der Waals surface area contributed by atoms with Crippen LogP contribution in [-0.2, 0) is 4.79 Å². The van der Waals surface area contributed by atoms with Crippen molar-refractivity contribution in [2.45, 2.75) is 101 Å². The van der Waals surface area contributed by atoms with Gasteiger partial charge in [0.2, 0.25) is 5.91 Å². The van der Waals surface area contributed by atoms with E-state index >= 15 is 0 Å². The highest BCUT2D eigenvalue weighted by atomic mass is 32.2. The van der Waals surface area contributed by atoms with Crippen molar-refractivity contribution in [3.8, 4) is 0 Å². The SMILES string of the molecule is Cc1nnc(SC(C)C(=O)N(C)C2CCCCC2)n1C1CCCCC1. The molecule has 25 heavy (non-hydrogen) atoms. The lowest BCUT2D eigenvalue weighted by Gasteiger charge is -2.33. The third kappa shape index (κ3) is 4.39. The summed E-state index contributed by atoms with van der Waals surface area (Å²) in [4.78, 5) is 14.9. The number of aromatic nitrogens is 3. The molecule has 140 valence electrons. The Morgan fingerprint density at radius 1 is 1.08 bits per heavy atom. The maximum absolute atomic E-state index is 12.9. The average Bonchev–Trinajstić information content (AvgIpc) is 3.02. The van der Waals surface area contributed by atoms with Gasteiger partial charge in [0.15, 0.2) is 5.16 Å². The molecule has 1 aromatic heterocycles. The van der Waals surface area contributed by atoms with Crippen molar-refractivity contribution in [1.82, 2.24) is 19.7 Å². The van der Waals surface area contributed by atoms with Crippen molar-refractivity contribution in [3.05, 3.63) is 5.82 Å². The number of nitrogens with zero attached hydrogens (tertiary/aromatic N) is 4. The van der Waals surface area contributed by atoms with Crippen LogP contribution < -0.4 is 0 Å². The standard InChI is InChI=1S/C19H32N4OS/c1-14(18(24)22(3)16-10-6-4-7-11-16)25-19-21-20-15(2)23(19)17-12-8-5-9-13-17/h14,16-17H,4-13H2,1-3H3. The van der Waals surface area contributed by atoms with E-state index in [0.29, 0.717) is 12.1 Å². The lowest BCUT2D eigenvalue weighted by molar-refractivity contribution is -0.131. The molecule has 2 aliphatic rings.